The Hall–Kier alpha value is -0.960. The molecule has 66 valence electrons. The highest BCUT2D eigenvalue weighted by Gasteiger charge is 2.23. The summed E-state index contributed by atoms with van der Waals surface area (Å²) in [4.78, 5) is 8.13. The molecule has 1 aromatic rings. The van der Waals surface area contributed by atoms with Crippen molar-refractivity contribution < 1.29 is 0 Å². The Morgan fingerprint density at radius 3 is 2.42 bits per heavy atom. The van der Waals surface area contributed by atoms with Gasteiger partial charge in [0, 0.05) is 18.6 Å². The summed E-state index contributed by atoms with van der Waals surface area (Å²) in [5.41, 5.74) is 6.86. The molecule has 1 atom stereocenters. The molecular formula is C9H15N3. The fourth-order valence-electron chi connectivity index (χ4n) is 0.915. The Bertz CT molecular complexity index is 238. The Labute approximate surface area is 73.0 Å². The molecule has 3 heteroatoms. The Kier molecular flexibility index (Phi) is 2.43. The van der Waals surface area contributed by atoms with Gasteiger partial charge in [-0.2, -0.15) is 0 Å². The number of hydrogen-bond donors (Lipinski definition) is 1. The highest BCUT2D eigenvalue weighted by Crippen LogP contribution is 2.28. The summed E-state index contributed by atoms with van der Waals surface area (Å²) in [5, 5.41) is 0. The summed E-state index contributed by atoms with van der Waals surface area (Å²) in [7, 11) is 0. The van der Waals surface area contributed by atoms with Gasteiger partial charge in [0.25, 0.3) is 0 Å². The predicted octanol–water partition coefficient (Wildman–Crippen LogP) is 1.52. The van der Waals surface area contributed by atoms with Crippen molar-refractivity contribution in [3.8, 4) is 0 Å². The summed E-state index contributed by atoms with van der Waals surface area (Å²) < 4.78 is 0. The van der Waals surface area contributed by atoms with E-state index in [1.807, 2.05) is 0 Å². The molecule has 0 bridgehead atoms. The van der Waals surface area contributed by atoms with Gasteiger partial charge in [-0.15, -0.1) is 0 Å². The van der Waals surface area contributed by atoms with Gasteiger partial charge in [-0.1, -0.05) is 20.8 Å². The van der Waals surface area contributed by atoms with Crippen LogP contribution in [0.25, 0.3) is 0 Å². The van der Waals surface area contributed by atoms with E-state index in [0.29, 0.717) is 0 Å². The van der Waals surface area contributed by atoms with Crippen LogP contribution in [-0.2, 0) is 0 Å². The first-order chi connectivity index (χ1) is 5.52. The summed E-state index contributed by atoms with van der Waals surface area (Å²) in [5.74, 6) is 0. The molecule has 12 heavy (non-hydrogen) atoms. The smallest absolute Gasteiger partial charge is 0.0759 e. The van der Waals surface area contributed by atoms with Crippen LogP contribution in [0, 0.1) is 5.41 Å². The predicted molar refractivity (Wildman–Crippen MR) is 48.4 cm³/mol. The van der Waals surface area contributed by atoms with Crippen LogP contribution in [0.4, 0.5) is 0 Å². The van der Waals surface area contributed by atoms with E-state index in [1.54, 1.807) is 18.6 Å². The van der Waals surface area contributed by atoms with Crippen molar-refractivity contribution in [2.24, 2.45) is 11.1 Å². The molecule has 1 aromatic heterocycles. The van der Waals surface area contributed by atoms with Crippen LogP contribution < -0.4 is 5.73 Å². The van der Waals surface area contributed by atoms with Crippen LogP contribution in [-0.4, -0.2) is 9.97 Å². The lowest BCUT2D eigenvalue weighted by atomic mass is 9.86. The molecule has 0 saturated carbocycles. The largest absolute Gasteiger partial charge is 0.322 e. The minimum Gasteiger partial charge on any atom is -0.322 e. The first-order valence-corrected chi connectivity index (χ1v) is 4.03. The van der Waals surface area contributed by atoms with Gasteiger partial charge in [0.1, 0.15) is 0 Å². The van der Waals surface area contributed by atoms with Gasteiger partial charge in [-0.3, -0.25) is 9.97 Å². The van der Waals surface area contributed by atoms with Gasteiger partial charge in [0.05, 0.1) is 11.7 Å². The first-order valence-electron chi connectivity index (χ1n) is 4.03. The summed E-state index contributed by atoms with van der Waals surface area (Å²) >= 11 is 0. The lowest BCUT2D eigenvalue weighted by Crippen LogP contribution is -2.27. The standard InChI is InChI=1S/C9H15N3/c1-9(2,3)8(10)7-6-11-4-5-12-7/h4-6,8H,10H2,1-3H3. The maximum Gasteiger partial charge on any atom is 0.0759 e. The van der Waals surface area contributed by atoms with E-state index in [-0.39, 0.29) is 11.5 Å². The third kappa shape index (κ3) is 2.01. The zero-order chi connectivity index (χ0) is 9.19. The SMILES string of the molecule is CC(C)(C)C(N)c1cnccn1. The zero-order valence-corrected chi connectivity index (χ0v) is 7.78. The lowest BCUT2D eigenvalue weighted by molar-refractivity contribution is 0.321. The average Bonchev–Trinajstić information content (AvgIpc) is 2.03. The van der Waals surface area contributed by atoms with Gasteiger partial charge in [-0.25, -0.2) is 0 Å². The van der Waals surface area contributed by atoms with E-state index in [4.69, 9.17) is 5.73 Å². The molecule has 1 unspecified atom stereocenters. The summed E-state index contributed by atoms with van der Waals surface area (Å²) in [6.07, 6.45) is 5.04. The Morgan fingerprint density at radius 2 is 2.00 bits per heavy atom. The summed E-state index contributed by atoms with van der Waals surface area (Å²) in [6, 6.07) is -0.0498. The maximum atomic E-state index is 5.97. The first kappa shape index (κ1) is 9.13. The second kappa shape index (κ2) is 3.19. The molecule has 3 nitrogen and oxygen atoms in total. The molecule has 0 radical (unpaired) electrons. The van der Waals surface area contributed by atoms with Gasteiger partial charge in [0.15, 0.2) is 0 Å². The van der Waals surface area contributed by atoms with Crippen LogP contribution in [0.1, 0.15) is 32.5 Å². The van der Waals surface area contributed by atoms with Gasteiger partial charge in [0.2, 0.25) is 0 Å². The number of nitrogens with two attached hydrogens (primary N) is 1. The topological polar surface area (TPSA) is 51.8 Å². The van der Waals surface area contributed by atoms with E-state index in [2.05, 4.69) is 30.7 Å². The van der Waals surface area contributed by atoms with Crippen LogP contribution in [0.2, 0.25) is 0 Å². The van der Waals surface area contributed by atoms with Gasteiger partial charge < -0.3 is 5.73 Å². The van der Waals surface area contributed by atoms with Crippen LogP contribution in [0.15, 0.2) is 18.6 Å². The van der Waals surface area contributed by atoms with E-state index >= 15 is 0 Å². The van der Waals surface area contributed by atoms with E-state index in [9.17, 15) is 0 Å². The van der Waals surface area contributed by atoms with Crippen molar-refractivity contribution >= 4 is 0 Å². The molecule has 0 aromatic carbocycles. The minimum atomic E-state index is -0.0498. The van der Waals surface area contributed by atoms with Gasteiger partial charge in [-0.05, 0) is 5.41 Å². The molecule has 0 aliphatic rings. The molecule has 2 N–H and O–H groups in total. The van der Waals surface area contributed by atoms with Crippen LogP contribution >= 0.6 is 0 Å². The van der Waals surface area contributed by atoms with Crippen molar-refractivity contribution in [1.29, 1.82) is 0 Å². The molecule has 1 rings (SSSR count). The molecule has 0 aliphatic heterocycles. The Balaban J connectivity index is 2.86. The van der Waals surface area contributed by atoms with Crippen molar-refractivity contribution in [3.05, 3.63) is 24.3 Å². The second-order valence-electron chi connectivity index (χ2n) is 3.97. The lowest BCUT2D eigenvalue weighted by Gasteiger charge is -2.25. The highest BCUT2D eigenvalue weighted by atomic mass is 14.8. The normalized spacial score (nSPS) is 14.3. The third-order valence-corrected chi connectivity index (χ3v) is 1.83. The number of rotatable bonds is 1. The van der Waals surface area contributed by atoms with Crippen LogP contribution in [0.3, 0.4) is 0 Å². The monoisotopic (exact) mass is 165 g/mol. The zero-order valence-electron chi connectivity index (χ0n) is 7.78. The second-order valence-corrected chi connectivity index (χ2v) is 3.97. The van der Waals surface area contributed by atoms with E-state index in [1.165, 1.54) is 0 Å². The van der Waals surface area contributed by atoms with Crippen LogP contribution in [0.5, 0.6) is 0 Å². The molecule has 1 heterocycles. The fraction of sp³-hybridized carbons (Fsp3) is 0.556. The van der Waals surface area contributed by atoms with E-state index < -0.39 is 0 Å². The molecule has 0 fully saturated rings. The molecule has 0 aliphatic carbocycles. The Morgan fingerprint density at radius 1 is 1.33 bits per heavy atom. The van der Waals surface area contributed by atoms with E-state index in [0.717, 1.165) is 5.69 Å². The maximum absolute atomic E-state index is 5.97. The van der Waals surface area contributed by atoms with Crippen molar-refractivity contribution in [1.82, 2.24) is 9.97 Å². The average molecular weight is 165 g/mol. The van der Waals surface area contributed by atoms with Gasteiger partial charge >= 0.3 is 0 Å². The quantitative estimate of drug-likeness (QED) is 0.686. The highest BCUT2D eigenvalue weighted by molar-refractivity contribution is 5.04. The van der Waals surface area contributed by atoms with Crippen molar-refractivity contribution in [2.75, 3.05) is 0 Å². The number of hydrogen-bond acceptors (Lipinski definition) is 3. The van der Waals surface area contributed by atoms with Crippen molar-refractivity contribution in [3.63, 3.8) is 0 Å². The fourth-order valence-corrected chi connectivity index (χ4v) is 0.915. The number of aromatic nitrogens is 2. The third-order valence-electron chi connectivity index (χ3n) is 1.83. The van der Waals surface area contributed by atoms with Crippen molar-refractivity contribution in [2.45, 2.75) is 26.8 Å². The minimum absolute atomic E-state index is 0.0377. The molecular weight excluding hydrogens is 150 g/mol. The molecule has 0 spiro atoms. The molecule has 0 saturated heterocycles. The molecule has 0 amide bonds. The number of nitrogens with zero attached hydrogens (tertiary/aromatic N) is 2. The summed E-state index contributed by atoms with van der Waals surface area (Å²) in [6.45, 7) is 6.27.